The van der Waals surface area contributed by atoms with Gasteiger partial charge in [-0.25, -0.2) is 0 Å². The molecule has 2 unspecified atom stereocenters. The van der Waals surface area contributed by atoms with Gasteiger partial charge in [-0.05, 0) is 12.0 Å². The van der Waals surface area contributed by atoms with Gasteiger partial charge in [0.25, 0.3) is 5.69 Å². The van der Waals surface area contributed by atoms with Crippen LogP contribution in [0.1, 0.15) is 18.9 Å². The third-order valence-electron chi connectivity index (χ3n) is 2.94. The third-order valence-corrected chi connectivity index (χ3v) is 4.30. The van der Waals surface area contributed by atoms with Crippen molar-refractivity contribution in [3.05, 3.63) is 39.9 Å². The molecule has 2 rings (SSSR count). The molecule has 0 aromatic heterocycles. The van der Waals surface area contributed by atoms with Crippen molar-refractivity contribution in [1.82, 2.24) is 5.32 Å². The van der Waals surface area contributed by atoms with Gasteiger partial charge in [-0.2, -0.15) is 11.8 Å². The van der Waals surface area contributed by atoms with Crippen molar-refractivity contribution in [3.63, 3.8) is 0 Å². The Morgan fingerprint density at radius 2 is 2.18 bits per heavy atom. The van der Waals surface area contributed by atoms with Crippen LogP contribution < -0.4 is 5.32 Å². The van der Waals surface area contributed by atoms with Crippen LogP contribution in [-0.2, 0) is 6.54 Å². The van der Waals surface area contributed by atoms with Gasteiger partial charge in [0, 0.05) is 35.7 Å². The lowest BCUT2D eigenvalue weighted by Crippen LogP contribution is -2.28. The van der Waals surface area contributed by atoms with Crippen LogP contribution in [0.5, 0.6) is 0 Å². The van der Waals surface area contributed by atoms with Gasteiger partial charge >= 0.3 is 0 Å². The first-order valence-electron chi connectivity index (χ1n) is 5.73. The van der Waals surface area contributed by atoms with Crippen LogP contribution in [0.4, 0.5) is 5.69 Å². The van der Waals surface area contributed by atoms with Crippen molar-refractivity contribution in [2.75, 3.05) is 5.75 Å². The second-order valence-corrected chi connectivity index (χ2v) is 5.85. The highest BCUT2D eigenvalue weighted by molar-refractivity contribution is 8.00. The number of thioether (sulfide) groups is 1. The fourth-order valence-electron chi connectivity index (χ4n) is 1.96. The van der Waals surface area contributed by atoms with Gasteiger partial charge in [-0.3, -0.25) is 10.1 Å². The summed E-state index contributed by atoms with van der Waals surface area (Å²) in [6.07, 6.45) is 1.21. The molecule has 92 valence electrons. The molecular formula is C12H16N2O2S. The molecule has 4 nitrogen and oxygen atoms in total. The summed E-state index contributed by atoms with van der Waals surface area (Å²) in [6, 6.07) is 7.32. The second kappa shape index (κ2) is 5.51. The lowest BCUT2D eigenvalue weighted by Gasteiger charge is -2.11. The smallest absolute Gasteiger partial charge is 0.269 e. The summed E-state index contributed by atoms with van der Waals surface area (Å²) >= 11 is 2.00. The van der Waals surface area contributed by atoms with Crippen molar-refractivity contribution in [2.24, 2.45) is 0 Å². The molecular weight excluding hydrogens is 236 g/mol. The van der Waals surface area contributed by atoms with E-state index in [9.17, 15) is 10.1 Å². The molecule has 1 aliphatic rings. The SMILES string of the molecule is CC1CC(NCc2ccc([N+](=O)[O-])cc2)CS1. The molecule has 2 atom stereocenters. The van der Waals surface area contributed by atoms with Crippen molar-refractivity contribution >= 4 is 17.4 Å². The Morgan fingerprint density at radius 3 is 2.71 bits per heavy atom. The maximum Gasteiger partial charge on any atom is 0.269 e. The molecule has 17 heavy (non-hydrogen) atoms. The van der Waals surface area contributed by atoms with E-state index in [0.717, 1.165) is 23.1 Å². The molecule has 1 aliphatic heterocycles. The third kappa shape index (κ3) is 3.44. The predicted molar refractivity (Wildman–Crippen MR) is 70.3 cm³/mol. The van der Waals surface area contributed by atoms with Gasteiger partial charge in [-0.15, -0.1) is 0 Å². The van der Waals surface area contributed by atoms with Crippen LogP contribution in [0.2, 0.25) is 0 Å². The van der Waals surface area contributed by atoms with Gasteiger partial charge in [0.15, 0.2) is 0 Å². The van der Waals surface area contributed by atoms with Crippen molar-refractivity contribution < 1.29 is 4.92 Å². The minimum Gasteiger partial charge on any atom is -0.309 e. The Hall–Kier alpha value is -1.07. The molecule has 1 saturated heterocycles. The predicted octanol–water partition coefficient (Wildman–Crippen LogP) is 2.58. The number of hydrogen-bond acceptors (Lipinski definition) is 4. The summed E-state index contributed by atoms with van der Waals surface area (Å²) in [6.45, 7) is 3.04. The number of nitro benzene ring substituents is 1. The van der Waals surface area contributed by atoms with Crippen LogP contribution in [-0.4, -0.2) is 22.0 Å². The zero-order chi connectivity index (χ0) is 12.3. The van der Waals surface area contributed by atoms with E-state index in [1.54, 1.807) is 12.1 Å². The summed E-state index contributed by atoms with van der Waals surface area (Å²) in [5.41, 5.74) is 1.25. The lowest BCUT2D eigenvalue weighted by atomic mass is 10.1. The number of benzene rings is 1. The van der Waals surface area contributed by atoms with E-state index in [-0.39, 0.29) is 10.6 Å². The van der Waals surface area contributed by atoms with E-state index in [1.165, 1.54) is 6.42 Å². The van der Waals surface area contributed by atoms with E-state index in [2.05, 4.69) is 12.2 Å². The van der Waals surface area contributed by atoms with Crippen LogP contribution in [0.3, 0.4) is 0 Å². The van der Waals surface area contributed by atoms with Crippen LogP contribution in [0, 0.1) is 10.1 Å². The molecule has 0 spiro atoms. The molecule has 5 heteroatoms. The molecule has 0 bridgehead atoms. The number of nitrogens with one attached hydrogen (secondary N) is 1. The van der Waals surface area contributed by atoms with Gasteiger partial charge in [0.05, 0.1) is 4.92 Å². The summed E-state index contributed by atoms with van der Waals surface area (Å²) < 4.78 is 0. The highest BCUT2D eigenvalue weighted by Gasteiger charge is 2.20. The summed E-state index contributed by atoms with van der Waals surface area (Å²) in [7, 11) is 0. The first kappa shape index (κ1) is 12.4. The first-order chi connectivity index (χ1) is 8.15. The molecule has 1 fully saturated rings. The Kier molecular flexibility index (Phi) is 4.02. The largest absolute Gasteiger partial charge is 0.309 e. The number of hydrogen-bond donors (Lipinski definition) is 1. The van der Waals surface area contributed by atoms with Crippen LogP contribution in [0.25, 0.3) is 0 Å². The van der Waals surface area contributed by atoms with Crippen molar-refractivity contribution in [3.8, 4) is 0 Å². The molecule has 1 heterocycles. The Labute approximate surface area is 105 Å². The summed E-state index contributed by atoms with van der Waals surface area (Å²) in [5, 5.41) is 14.7. The summed E-state index contributed by atoms with van der Waals surface area (Å²) in [4.78, 5) is 10.1. The van der Waals surface area contributed by atoms with Gasteiger partial charge < -0.3 is 5.32 Å². The molecule has 1 aromatic carbocycles. The fraction of sp³-hybridized carbons (Fsp3) is 0.500. The number of nitro groups is 1. The van der Waals surface area contributed by atoms with Crippen molar-refractivity contribution in [2.45, 2.75) is 31.2 Å². The zero-order valence-electron chi connectivity index (χ0n) is 9.76. The van der Waals surface area contributed by atoms with Gasteiger partial charge in [0.1, 0.15) is 0 Å². The van der Waals surface area contributed by atoms with E-state index < -0.39 is 0 Å². The zero-order valence-corrected chi connectivity index (χ0v) is 10.6. The molecule has 1 N–H and O–H groups in total. The second-order valence-electron chi connectivity index (χ2n) is 4.38. The number of nitrogens with zero attached hydrogens (tertiary/aromatic N) is 1. The first-order valence-corrected chi connectivity index (χ1v) is 6.78. The maximum absolute atomic E-state index is 10.5. The molecule has 0 amide bonds. The normalized spacial score (nSPS) is 23.8. The summed E-state index contributed by atoms with van der Waals surface area (Å²) in [5.74, 6) is 1.16. The highest BCUT2D eigenvalue weighted by atomic mass is 32.2. The minimum absolute atomic E-state index is 0.152. The van der Waals surface area contributed by atoms with E-state index in [1.807, 2.05) is 23.9 Å². The van der Waals surface area contributed by atoms with Crippen molar-refractivity contribution in [1.29, 1.82) is 0 Å². The molecule has 0 radical (unpaired) electrons. The average Bonchev–Trinajstić information content (AvgIpc) is 2.73. The standard InChI is InChI=1S/C12H16N2O2S/c1-9-6-11(8-17-9)13-7-10-2-4-12(5-3-10)14(15)16/h2-5,9,11,13H,6-8H2,1H3. The Morgan fingerprint density at radius 1 is 1.47 bits per heavy atom. The topological polar surface area (TPSA) is 55.2 Å². The number of non-ortho nitro benzene ring substituents is 1. The molecule has 0 aliphatic carbocycles. The quantitative estimate of drug-likeness (QED) is 0.661. The van der Waals surface area contributed by atoms with E-state index >= 15 is 0 Å². The Balaban J connectivity index is 1.85. The molecule has 0 saturated carbocycles. The lowest BCUT2D eigenvalue weighted by molar-refractivity contribution is -0.384. The monoisotopic (exact) mass is 252 g/mol. The number of rotatable bonds is 4. The average molecular weight is 252 g/mol. The minimum atomic E-state index is -0.369. The van der Waals surface area contributed by atoms with E-state index in [4.69, 9.17) is 0 Å². The Bertz CT molecular complexity index is 394. The van der Waals surface area contributed by atoms with Crippen LogP contribution in [0.15, 0.2) is 24.3 Å². The van der Waals surface area contributed by atoms with E-state index in [0.29, 0.717) is 6.04 Å². The molecule has 1 aromatic rings. The van der Waals surface area contributed by atoms with Gasteiger partial charge in [0.2, 0.25) is 0 Å². The van der Waals surface area contributed by atoms with Gasteiger partial charge in [-0.1, -0.05) is 19.1 Å². The maximum atomic E-state index is 10.5. The fourth-order valence-corrected chi connectivity index (χ4v) is 3.14. The highest BCUT2D eigenvalue weighted by Crippen LogP contribution is 2.26. The van der Waals surface area contributed by atoms with Crippen LogP contribution >= 0.6 is 11.8 Å².